The molecule has 1 aromatic heterocycles. The SMILES string of the molecule is O=C(NCc1ccc([C@@H]2O[C@H](CN3CCN(c4ncccn4)CC3)C[C@H](c3ccc(CO)cc3)O2)cc1)C(Cl)(Cl)Cl. The number of carbonyl (C=O) groups excluding carboxylic acids is 1. The van der Waals surface area contributed by atoms with Crippen molar-refractivity contribution in [3.8, 4) is 0 Å². The quantitative estimate of drug-likeness (QED) is 0.359. The zero-order chi connectivity index (χ0) is 28.8. The predicted octanol–water partition coefficient (Wildman–Crippen LogP) is 4.32. The second kappa shape index (κ2) is 13.6. The summed E-state index contributed by atoms with van der Waals surface area (Å²) in [6.07, 6.45) is 3.44. The highest BCUT2D eigenvalue weighted by Crippen LogP contribution is 2.38. The van der Waals surface area contributed by atoms with E-state index in [1.54, 1.807) is 12.4 Å². The van der Waals surface area contributed by atoms with Crippen molar-refractivity contribution in [2.75, 3.05) is 37.6 Å². The van der Waals surface area contributed by atoms with Gasteiger partial charge in [0, 0.05) is 63.6 Å². The summed E-state index contributed by atoms with van der Waals surface area (Å²) >= 11 is 16.9. The topological polar surface area (TPSA) is 100 Å². The molecule has 0 bridgehead atoms. The van der Waals surface area contributed by atoms with E-state index in [9.17, 15) is 9.90 Å². The number of piperazine rings is 1. The number of aromatic nitrogens is 2. The minimum atomic E-state index is -2.01. The first-order valence-corrected chi connectivity index (χ1v) is 14.6. The third-order valence-electron chi connectivity index (χ3n) is 7.25. The maximum atomic E-state index is 11.9. The molecule has 218 valence electrons. The highest BCUT2D eigenvalue weighted by molar-refractivity contribution is 6.76. The van der Waals surface area contributed by atoms with Crippen molar-refractivity contribution in [2.45, 2.75) is 41.9 Å². The fourth-order valence-electron chi connectivity index (χ4n) is 4.98. The van der Waals surface area contributed by atoms with E-state index in [0.717, 1.165) is 60.9 Å². The van der Waals surface area contributed by atoms with Crippen LogP contribution < -0.4 is 10.2 Å². The number of amides is 1. The van der Waals surface area contributed by atoms with Crippen molar-refractivity contribution in [1.29, 1.82) is 0 Å². The zero-order valence-corrected chi connectivity index (χ0v) is 24.6. The van der Waals surface area contributed by atoms with E-state index in [0.29, 0.717) is 6.42 Å². The number of benzene rings is 2. The third kappa shape index (κ3) is 8.08. The summed E-state index contributed by atoms with van der Waals surface area (Å²) in [4.78, 5) is 25.3. The Morgan fingerprint density at radius 3 is 2.20 bits per heavy atom. The Labute approximate surface area is 254 Å². The molecule has 0 saturated carbocycles. The Kier molecular flexibility index (Phi) is 9.98. The molecule has 3 aromatic rings. The van der Waals surface area contributed by atoms with Crippen LogP contribution in [0.4, 0.5) is 5.95 Å². The molecular weight excluding hydrogens is 589 g/mol. The van der Waals surface area contributed by atoms with Crippen LogP contribution in [0.15, 0.2) is 67.0 Å². The van der Waals surface area contributed by atoms with Crippen molar-refractivity contribution in [3.63, 3.8) is 0 Å². The van der Waals surface area contributed by atoms with Crippen molar-refractivity contribution in [3.05, 3.63) is 89.2 Å². The van der Waals surface area contributed by atoms with Gasteiger partial charge in [-0.05, 0) is 22.8 Å². The van der Waals surface area contributed by atoms with Crippen LogP contribution in [0.2, 0.25) is 0 Å². The number of rotatable bonds is 8. The van der Waals surface area contributed by atoms with Gasteiger partial charge in [-0.25, -0.2) is 9.97 Å². The van der Waals surface area contributed by atoms with Crippen LogP contribution in [0, 0.1) is 0 Å². The van der Waals surface area contributed by atoms with Crippen LogP contribution in [0.1, 0.15) is 41.1 Å². The van der Waals surface area contributed by atoms with Crippen molar-refractivity contribution >= 4 is 46.7 Å². The molecule has 2 aliphatic rings. The molecule has 2 aliphatic heterocycles. The van der Waals surface area contributed by atoms with E-state index in [2.05, 4.69) is 25.1 Å². The average Bonchev–Trinajstić information content (AvgIpc) is 3.00. The van der Waals surface area contributed by atoms with Crippen LogP contribution in [0.3, 0.4) is 0 Å². The number of hydrogen-bond acceptors (Lipinski definition) is 8. The Bertz CT molecular complexity index is 1270. The van der Waals surface area contributed by atoms with Gasteiger partial charge in [0.25, 0.3) is 9.70 Å². The highest BCUT2D eigenvalue weighted by Gasteiger charge is 2.34. The lowest BCUT2D eigenvalue weighted by atomic mass is 9.99. The van der Waals surface area contributed by atoms with Gasteiger partial charge in [-0.1, -0.05) is 83.3 Å². The number of halogens is 3. The number of nitrogens with one attached hydrogen (secondary N) is 1. The maximum Gasteiger partial charge on any atom is 0.272 e. The molecule has 0 radical (unpaired) electrons. The van der Waals surface area contributed by atoms with E-state index < -0.39 is 16.0 Å². The van der Waals surface area contributed by atoms with Gasteiger partial charge in [-0.3, -0.25) is 9.69 Å². The second-order valence-electron chi connectivity index (χ2n) is 10.1. The number of nitrogens with zero attached hydrogens (tertiary/aromatic N) is 4. The standard InChI is InChI=1S/C29H32Cl3N5O4/c30-29(31,32)27(39)35-17-20-2-8-23(9-3-20)26-40-24(16-25(41-26)22-6-4-21(19-38)5-7-22)18-36-12-14-37(15-13-36)28-33-10-1-11-34-28/h1-11,24-26,38H,12-19H2,(H,35,39)/t24-,25+,26+/m0/s1. The number of aliphatic hydroxyl groups is 1. The van der Waals surface area contributed by atoms with Crippen LogP contribution in [0.5, 0.6) is 0 Å². The molecule has 2 saturated heterocycles. The van der Waals surface area contributed by atoms with Crippen LogP contribution in [-0.2, 0) is 27.4 Å². The largest absolute Gasteiger partial charge is 0.392 e. The fraction of sp³-hybridized carbons (Fsp3) is 0.414. The molecule has 9 nitrogen and oxygen atoms in total. The summed E-state index contributed by atoms with van der Waals surface area (Å²) in [5.74, 6) is 0.0804. The van der Waals surface area contributed by atoms with E-state index in [-0.39, 0.29) is 25.4 Å². The molecule has 1 amide bonds. The Morgan fingerprint density at radius 2 is 1.56 bits per heavy atom. The molecule has 2 fully saturated rings. The third-order valence-corrected chi connectivity index (χ3v) is 7.76. The van der Waals surface area contributed by atoms with Gasteiger partial charge >= 0.3 is 0 Å². The molecular formula is C29H32Cl3N5O4. The van der Waals surface area contributed by atoms with E-state index in [1.165, 1.54) is 0 Å². The molecule has 0 aliphatic carbocycles. The van der Waals surface area contributed by atoms with E-state index in [4.69, 9.17) is 44.3 Å². The average molecular weight is 621 g/mol. The summed E-state index contributed by atoms with van der Waals surface area (Å²) in [6.45, 7) is 4.45. The first-order chi connectivity index (χ1) is 19.8. The monoisotopic (exact) mass is 619 g/mol. The smallest absolute Gasteiger partial charge is 0.272 e. The molecule has 2 N–H and O–H groups in total. The number of hydrogen-bond donors (Lipinski definition) is 2. The van der Waals surface area contributed by atoms with Crippen molar-refractivity contribution in [2.24, 2.45) is 0 Å². The zero-order valence-electron chi connectivity index (χ0n) is 22.3. The van der Waals surface area contributed by atoms with Crippen molar-refractivity contribution in [1.82, 2.24) is 20.2 Å². The molecule has 2 aromatic carbocycles. The van der Waals surface area contributed by atoms with Crippen LogP contribution in [-0.4, -0.2) is 68.5 Å². The van der Waals surface area contributed by atoms with Crippen molar-refractivity contribution < 1.29 is 19.4 Å². The second-order valence-corrected chi connectivity index (χ2v) is 12.4. The first kappa shape index (κ1) is 30.0. The molecule has 0 spiro atoms. The van der Waals surface area contributed by atoms with Gasteiger partial charge in [-0.15, -0.1) is 0 Å². The summed E-state index contributed by atoms with van der Waals surface area (Å²) in [7, 11) is 0. The molecule has 12 heteroatoms. The molecule has 3 atom stereocenters. The lowest BCUT2D eigenvalue weighted by molar-refractivity contribution is -0.253. The Balaban J connectivity index is 1.25. The molecule has 3 heterocycles. The maximum absolute atomic E-state index is 11.9. The normalized spacial score (nSPS) is 22.0. The van der Waals surface area contributed by atoms with E-state index >= 15 is 0 Å². The highest BCUT2D eigenvalue weighted by atomic mass is 35.6. The number of anilines is 1. The number of aliphatic hydroxyl groups excluding tert-OH is 1. The lowest BCUT2D eigenvalue weighted by Gasteiger charge is -2.40. The fourth-order valence-corrected chi connectivity index (χ4v) is 5.18. The number of alkyl halides is 3. The minimum Gasteiger partial charge on any atom is -0.392 e. The van der Waals surface area contributed by atoms with Gasteiger partial charge in [0.05, 0.1) is 18.8 Å². The molecule has 41 heavy (non-hydrogen) atoms. The number of carbonyl (C=O) groups is 1. The van der Waals surface area contributed by atoms with Gasteiger partial charge < -0.3 is 24.8 Å². The van der Waals surface area contributed by atoms with Crippen LogP contribution in [0.25, 0.3) is 0 Å². The Morgan fingerprint density at radius 1 is 0.927 bits per heavy atom. The summed E-state index contributed by atoms with van der Waals surface area (Å²) in [5.41, 5.74) is 3.61. The minimum absolute atomic E-state index is 0.00533. The summed E-state index contributed by atoms with van der Waals surface area (Å²) < 4.78 is 11.0. The van der Waals surface area contributed by atoms with Gasteiger partial charge in [0.15, 0.2) is 6.29 Å². The van der Waals surface area contributed by atoms with Gasteiger partial charge in [0.1, 0.15) is 0 Å². The molecule has 5 rings (SSSR count). The lowest BCUT2D eigenvalue weighted by Crippen LogP contribution is -2.50. The van der Waals surface area contributed by atoms with E-state index in [1.807, 2.05) is 54.6 Å². The number of ether oxygens (including phenoxy) is 2. The summed E-state index contributed by atoms with van der Waals surface area (Å²) in [6, 6.07) is 17.3. The van der Waals surface area contributed by atoms with Crippen LogP contribution >= 0.6 is 34.8 Å². The van der Waals surface area contributed by atoms with Gasteiger partial charge in [-0.2, -0.15) is 0 Å². The summed E-state index contributed by atoms with van der Waals surface area (Å²) in [5, 5.41) is 12.1. The van der Waals surface area contributed by atoms with Gasteiger partial charge in [0.2, 0.25) is 5.95 Å². The first-order valence-electron chi connectivity index (χ1n) is 13.5. The Hall–Kier alpha value is -2.50. The molecule has 0 unspecified atom stereocenters. The predicted molar refractivity (Wildman–Crippen MR) is 158 cm³/mol.